The number of ether oxygens (including phenoxy) is 1. The molecular weight excluding hydrogens is 347 g/mol. The fourth-order valence-corrected chi connectivity index (χ4v) is 3.39. The summed E-state index contributed by atoms with van der Waals surface area (Å²) in [5, 5.41) is 0.789. The highest BCUT2D eigenvalue weighted by Gasteiger charge is 2.15. The molecule has 3 aromatic rings. The maximum Gasteiger partial charge on any atom is 0.336 e. The van der Waals surface area contributed by atoms with Gasteiger partial charge in [0, 0.05) is 23.1 Å². The highest BCUT2D eigenvalue weighted by molar-refractivity contribution is 5.87. The van der Waals surface area contributed by atoms with Gasteiger partial charge in [0.15, 0.2) is 0 Å². The van der Waals surface area contributed by atoms with Gasteiger partial charge in [-0.3, -0.25) is 0 Å². The van der Waals surface area contributed by atoms with Crippen LogP contribution >= 0.6 is 0 Å². The van der Waals surface area contributed by atoms with Crippen molar-refractivity contribution >= 4 is 23.0 Å². The topological polar surface area (TPSA) is 56.5 Å². The van der Waals surface area contributed by atoms with E-state index in [1.807, 2.05) is 12.1 Å². The smallest absolute Gasteiger partial charge is 0.336 e. The summed E-state index contributed by atoms with van der Waals surface area (Å²) < 4.78 is 23.7. The van der Waals surface area contributed by atoms with Crippen LogP contribution in [0.15, 0.2) is 57.8 Å². The summed E-state index contributed by atoms with van der Waals surface area (Å²) in [5.74, 6) is -0.942. The second-order valence-corrected chi connectivity index (χ2v) is 6.56. The first kappa shape index (κ1) is 17.2. The molecule has 1 aromatic heterocycles. The summed E-state index contributed by atoms with van der Waals surface area (Å²) >= 11 is 0. The van der Waals surface area contributed by atoms with Crippen LogP contribution in [0.3, 0.4) is 0 Å². The number of rotatable bonds is 4. The van der Waals surface area contributed by atoms with Crippen LogP contribution in [0.2, 0.25) is 0 Å². The largest absolute Gasteiger partial charge is 0.458 e. The lowest BCUT2D eigenvalue weighted by Gasteiger charge is -2.08. The number of halogens is 1. The van der Waals surface area contributed by atoms with Crippen molar-refractivity contribution in [3.05, 3.63) is 87.0 Å². The van der Waals surface area contributed by atoms with Gasteiger partial charge in [-0.25, -0.2) is 14.0 Å². The fraction of sp³-hybridized carbons (Fsp3) is 0.182. The minimum Gasteiger partial charge on any atom is -0.458 e. The lowest BCUT2D eigenvalue weighted by molar-refractivity contribution is -0.138. The molecule has 1 aliphatic carbocycles. The Morgan fingerprint density at radius 2 is 1.96 bits per heavy atom. The maximum atomic E-state index is 13.2. The molecule has 0 aliphatic heterocycles. The van der Waals surface area contributed by atoms with E-state index in [2.05, 4.69) is 0 Å². The molecule has 0 N–H and O–H groups in total. The number of carbonyl (C=O) groups is 1. The van der Waals surface area contributed by atoms with Crippen LogP contribution in [0.4, 0.5) is 4.39 Å². The standard InChI is InChI=1S/C22H17FO4/c23-18-6-1-3-14(9-18)7-8-21(24)26-13-17-12-22(25)27-20-11-16-5-2-4-15(16)10-19(17)20/h1,3,6-12H,2,4-5,13H2/b8-7+. The van der Waals surface area contributed by atoms with Crippen molar-refractivity contribution in [2.24, 2.45) is 0 Å². The molecule has 0 saturated carbocycles. The SMILES string of the molecule is O=C(/C=C/c1cccc(F)c1)OCc1cc(=O)oc2cc3c(cc12)CCC3. The maximum absolute atomic E-state index is 13.2. The molecule has 0 radical (unpaired) electrons. The predicted molar refractivity (Wildman–Crippen MR) is 99.7 cm³/mol. The van der Waals surface area contributed by atoms with Crippen LogP contribution in [0.25, 0.3) is 17.0 Å². The van der Waals surface area contributed by atoms with Crippen LogP contribution < -0.4 is 5.63 Å². The number of hydrogen-bond donors (Lipinski definition) is 0. The summed E-state index contributed by atoms with van der Waals surface area (Å²) in [6, 6.07) is 11.2. The van der Waals surface area contributed by atoms with Gasteiger partial charge in [0.2, 0.25) is 0 Å². The molecule has 0 atom stereocenters. The van der Waals surface area contributed by atoms with E-state index in [4.69, 9.17) is 9.15 Å². The molecule has 0 spiro atoms. The number of aryl methyl sites for hydroxylation is 2. The van der Waals surface area contributed by atoms with Crippen molar-refractivity contribution in [3.8, 4) is 0 Å². The van der Waals surface area contributed by atoms with Gasteiger partial charge in [-0.05, 0) is 66.3 Å². The van der Waals surface area contributed by atoms with Crippen molar-refractivity contribution in [1.82, 2.24) is 0 Å². The number of benzene rings is 2. The lowest BCUT2D eigenvalue weighted by atomic mass is 10.0. The summed E-state index contributed by atoms with van der Waals surface area (Å²) in [5.41, 5.74) is 3.68. The van der Waals surface area contributed by atoms with Crippen LogP contribution in [-0.4, -0.2) is 5.97 Å². The van der Waals surface area contributed by atoms with Gasteiger partial charge in [0.05, 0.1) is 0 Å². The van der Waals surface area contributed by atoms with E-state index >= 15 is 0 Å². The molecule has 0 saturated heterocycles. The molecule has 136 valence electrons. The van der Waals surface area contributed by atoms with Crippen LogP contribution in [0.5, 0.6) is 0 Å². The van der Waals surface area contributed by atoms with Gasteiger partial charge in [-0.1, -0.05) is 12.1 Å². The van der Waals surface area contributed by atoms with Gasteiger partial charge in [0.1, 0.15) is 18.0 Å². The molecule has 2 aromatic carbocycles. The first-order valence-corrected chi connectivity index (χ1v) is 8.77. The third-order valence-electron chi connectivity index (χ3n) is 4.67. The molecule has 1 heterocycles. The van der Waals surface area contributed by atoms with Gasteiger partial charge in [-0.2, -0.15) is 0 Å². The summed E-state index contributed by atoms with van der Waals surface area (Å²) in [4.78, 5) is 23.8. The first-order valence-electron chi connectivity index (χ1n) is 8.77. The molecule has 0 amide bonds. The quantitative estimate of drug-likeness (QED) is 0.396. The molecule has 1 aliphatic rings. The minimum absolute atomic E-state index is 0.0345. The van der Waals surface area contributed by atoms with E-state index in [1.54, 1.807) is 12.1 Å². The van der Waals surface area contributed by atoms with Crippen LogP contribution in [0.1, 0.15) is 28.7 Å². The van der Waals surface area contributed by atoms with E-state index in [0.29, 0.717) is 16.7 Å². The number of fused-ring (bicyclic) bond motifs is 2. The Kier molecular flexibility index (Phi) is 4.59. The normalized spacial score (nSPS) is 13.2. The second-order valence-electron chi connectivity index (χ2n) is 6.56. The predicted octanol–water partition coefficient (Wildman–Crippen LogP) is 4.18. The van der Waals surface area contributed by atoms with Gasteiger partial charge >= 0.3 is 11.6 Å². The zero-order chi connectivity index (χ0) is 18.8. The molecule has 5 heteroatoms. The average molecular weight is 364 g/mol. The number of hydrogen-bond acceptors (Lipinski definition) is 4. The third-order valence-corrected chi connectivity index (χ3v) is 4.67. The fourth-order valence-electron chi connectivity index (χ4n) is 3.39. The Morgan fingerprint density at radius 1 is 1.15 bits per heavy atom. The van der Waals surface area contributed by atoms with E-state index in [0.717, 1.165) is 24.6 Å². The Balaban J connectivity index is 1.53. The monoisotopic (exact) mass is 364 g/mol. The molecule has 0 fully saturated rings. The summed E-state index contributed by atoms with van der Waals surface area (Å²) in [6.45, 7) is -0.0345. The van der Waals surface area contributed by atoms with Gasteiger partial charge in [0.25, 0.3) is 0 Å². The molecule has 4 nitrogen and oxygen atoms in total. The summed E-state index contributed by atoms with van der Waals surface area (Å²) in [7, 11) is 0. The lowest BCUT2D eigenvalue weighted by Crippen LogP contribution is -2.06. The van der Waals surface area contributed by atoms with E-state index in [9.17, 15) is 14.0 Å². The minimum atomic E-state index is -0.568. The Bertz CT molecular complexity index is 1110. The van der Waals surface area contributed by atoms with E-state index < -0.39 is 11.6 Å². The first-order chi connectivity index (χ1) is 13.1. The van der Waals surface area contributed by atoms with Crippen molar-refractivity contribution in [2.75, 3.05) is 0 Å². The Morgan fingerprint density at radius 3 is 2.78 bits per heavy atom. The molecule has 0 unspecified atom stereocenters. The van der Waals surface area contributed by atoms with Crippen molar-refractivity contribution in [1.29, 1.82) is 0 Å². The van der Waals surface area contributed by atoms with E-state index in [-0.39, 0.29) is 12.4 Å². The zero-order valence-corrected chi connectivity index (χ0v) is 14.5. The third kappa shape index (κ3) is 3.82. The number of esters is 1. The molecule has 0 bridgehead atoms. The molecule has 27 heavy (non-hydrogen) atoms. The van der Waals surface area contributed by atoms with Gasteiger partial charge in [-0.15, -0.1) is 0 Å². The molecular formula is C22H17FO4. The summed E-state index contributed by atoms with van der Waals surface area (Å²) in [6.07, 6.45) is 5.79. The Labute approximate surface area is 154 Å². The van der Waals surface area contributed by atoms with Crippen LogP contribution in [-0.2, 0) is 29.0 Å². The van der Waals surface area contributed by atoms with Crippen molar-refractivity contribution in [3.63, 3.8) is 0 Å². The number of carbonyl (C=O) groups excluding carboxylic acids is 1. The molecule has 4 rings (SSSR count). The van der Waals surface area contributed by atoms with Crippen LogP contribution in [0, 0.1) is 5.82 Å². The highest BCUT2D eigenvalue weighted by atomic mass is 19.1. The second kappa shape index (κ2) is 7.19. The Hall–Kier alpha value is -3.21. The highest BCUT2D eigenvalue weighted by Crippen LogP contribution is 2.28. The zero-order valence-electron chi connectivity index (χ0n) is 14.5. The van der Waals surface area contributed by atoms with Crippen molar-refractivity contribution < 1.29 is 18.3 Å². The van der Waals surface area contributed by atoms with Gasteiger partial charge < -0.3 is 9.15 Å². The van der Waals surface area contributed by atoms with E-state index in [1.165, 1.54) is 41.5 Å². The van der Waals surface area contributed by atoms with Crippen molar-refractivity contribution in [2.45, 2.75) is 25.9 Å². The average Bonchev–Trinajstić information content (AvgIpc) is 3.10.